The SMILES string of the molecule is CCCCCOc1ccc([C@H]2c3c(-c4ccccc4O)n[nH]c3C(=O)N2Cc2ccco2)cc1. The maximum absolute atomic E-state index is 13.4. The number of aromatic amines is 1. The van der Waals surface area contributed by atoms with Crippen molar-refractivity contribution in [1.82, 2.24) is 15.1 Å². The molecule has 1 atom stereocenters. The van der Waals surface area contributed by atoms with Crippen LogP contribution in [0.15, 0.2) is 71.3 Å². The molecule has 0 fully saturated rings. The number of carbonyl (C=O) groups is 1. The van der Waals surface area contributed by atoms with Gasteiger partial charge in [0.25, 0.3) is 5.91 Å². The van der Waals surface area contributed by atoms with Gasteiger partial charge < -0.3 is 19.2 Å². The van der Waals surface area contributed by atoms with E-state index in [9.17, 15) is 9.90 Å². The summed E-state index contributed by atoms with van der Waals surface area (Å²) in [6.45, 7) is 3.16. The van der Waals surface area contributed by atoms with Crippen molar-refractivity contribution in [3.8, 4) is 22.8 Å². The van der Waals surface area contributed by atoms with Crippen LogP contribution in [-0.2, 0) is 6.54 Å². The molecule has 2 N–H and O–H groups in total. The summed E-state index contributed by atoms with van der Waals surface area (Å²) in [5.41, 5.74) is 3.24. The fourth-order valence-corrected chi connectivity index (χ4v) is 4.44. The number of para-hydroxylation sites is 1. The van der Waals surface area contributed by atoms with Crippen LogP contribution in [-0.4, -0.2) is 32.7 Å². The van der Waals surface area contributed by atoms with E-state index in [1.165, 1.54) is 0 Å². The Hall–Kier alpha value is -4.00. The zero-order chi connectivity index (χ0) is 23.5. The van der Waals surface area contributed by atoms with Gasteiger partial charge >= 0.3 is 0 Å². The summed E-state index contributed by atoms with van der Waals surface area (Å²) >= 11 is 0. The number of benzene rings is 2. The van der Waals surface area contributed by atoms with Crippen LogP contribution >= 0.6 is 0 Å². The van der Waals surface area contributed by atoms with Crippen molar-refractivity contribution >= 4 is 5.91 Å². The lowest BCUT2D eigenvalue weighted by Gasteiger charge is -2.25. The van der Waals surface area contributed by atoms with Crippen LogP contribution in [0.1, 0.15) is 59.6 Å². The summed E-state index contributed by atoms with van der Waals surface area (Å²) in [6.07, 6.45) is 4.91. The Kier molecular flexibility index (Phi) is 6.08. The molecule has 2 aromatic heterocycles. The number of aromatic nitrogens is 2. The number of ether oxygens (including phenoxy) is 1. The number of hydrogen-bond donors (Lipinski definition) is 2. The van der Waals surface area contributed by atoms with Gasteiger partial charge in [-0.2, -0.15) is 5.10 Å². The molecule has 1 aliphatic rings. The maximum Gasteiger partial charge on any atom is 0.273 e. The van der Waals surface area contributed by atoms with Gasteiger partial charge in [-0.3, -0.25) is 9.89 Å². The molecule has 1 aliphatic heterocycles. The Bertz CT molecular complexity index is 1260. The molecule has 3 heterocycles. The number of hydrogen-bond acceptors (Lipinski definition) is 5. The van der Waals surface area contributed by atoms with E-state index < -0.39 is 6.04 Å². The smallest absolute Gasteiger partial charge is 0.273 e. The fourth-order valence-electron chi connectivity index (χ4n) is 4.44. The highest BCUT2D eigenvalue weighted by atomic mass is 16.5. The second-order valence-corrected chi connectivity index (χ2v) is 8.42. The first-order chi connectivity index (χ1) is 16.7. The van der Waals surface area contributed by atoms with Crippen LogP contribution in [0.2, 0.25) is 0 Å². The Morgan fingerprint density at radius 2 is 1.91 bits per heavy atom. The van der Waals surface area contributed by atoms with E-state index in [-0.39, 0.29) is 11.7 Å². The molecule has 0 unspecified atom stereocenters. The number of nitrogens with zero attached hydrogens (tertiary/aromatic N) is 2. The zero-order valence-corrected chi connectivity index (χ0v) is 19.0. The Balaban J connectivity index is 1.52. The summed E-state index contributed by atoms with van der Waals surface area (Å²) in [6, 6.07) is 18.1. The third kappa shape index (κ3) is 4.05. The zero-order valence-electron chi connectivity index (χ0n) is 19.0. The van der Waals surface area contributed by atoms with Gasteiger partial charge in [0.2, 0.25) is 0 Å². The number of carbonyl (C=O) groups excluding carboxylic acids is 1. The molecule has 5 rings (SSSR count). The second-order valence-electron chi connectivity index (χ2n) is 8.42. The lowest BCUT2D eigenvalue weighted by molar-refractivity contribution is 0.0717. The number of nitrogens with one attached hydrogen (secondary N) is 1. The minimum Gasteiger partial charge on any atom is -0.507 e. The lowest BCUT2D eigenvalue weighted by Crippen LogP contribution is -2.28. The van der Waals surface area contributed by atoms with Crippen molar-refractivity contribution in [2.24, 2.45) is 0 Å². The number of fused-ring (bicyclic) bond motifs is 1. The van der Waals surface area contributed by atoms with Crippen molar-refractivity contribution in [3.63, 3.8) is 0 Å². The highest BCUT2D eigenvalue weighted by Crippen LogP contribution is 2.45. The number of phenols is 1. The quantitative estimate of drug-likeness (QED) is 0.315. The molecule has 7 nitrogen and oxygen atoms in total. The molecule has 2 aromatic carbocycles. The van der Waals surface area contributed by atoms with Crippen molar-refractivity contribution in [2.75, 3.05) is 6.61 Å². The van der Waals surface area contributed by atoms with E-state index in [4.69, 9.17) is 9.15 Å². The first-order valence-corrected chi connectivity index (χ1v) is 11.6. The first-order valence-electron chi connectivity index (χ1n) is 11.6. The fraction of sp³-hybridized carbons (Fsp3) is 0.259. The molecule has 0 radical (unpaired) electrons. The number of phenolic OH excluding ortho intramolecular Hbond substituents is 1. The lowest BCUT2D eigenvalue weighted by atomic mass is 9.95. The van der Waals surface area contributed by atoms with Gasteiger partial charge in [0.05, 0.1) is 25.5 Å². The maximum atomic E-state index is 13.4. The van der Waals surface area contributed by atoms with E-state index in [2.05, 4.69) is 17.1 Å². The van der Waals surface area contributed by atoms with Crippen molar-refractivity contribution in [3.05, 3.63) is 89.5 Å². The Labute approximate surface area is 198 Å². The minimum atomic E-state index is -0.393. The number of rotatable bonds is 9. The van der Waals surface area contributed by atoms with Crippen LogP contribution in [0.3, 0.4) is 0 Å². The highest BCUT2D eigenvalue weighted by Gasteiger charge is 2.42. The average molecular weight is 458 g/mol. The molecule has 1 amide bonds. The predicted molar refractivity (Wildman–Crippen MR) is 128 cm³/mol. The largest absolute Gasteiger partial charge is 0.507 e. The average Bonchev–Trinajstić information content (AvgIpc) is 3.58. The molecule has 0 bridgehead atoms. The van der Waals surface area contributed by atoms with Crippen LogP contribution in [0, 0.1) is 0 Å². The molecule has 0 aliphatic carbocycles. The molecular weight excluding hydrogens is 430 g/mol. The number of unbranched alkanes of at least 4 members (excludes halogenated alkanes) is 2. The van der Waals surface area contributed by atoms with Gasteiger partial charge in [0, 0.05) is 11.1 Å². The van der Waals surface area contributed by atoms with E-state index in [0.29, 0.717) is 35.9 Å². The van der Waals surface area contributed by atoms with Crippen LogP contribution in [0.25, 0.3) is 11.3 Å². The Morgan fingerprint density at radius 3 is 2.65 bits per heavy atom. The molecule has 0 saturated carbocycles. The van der Waals surface area contributed by atoms with Gasteiger partial charge in [-0.05, 0) is 48.4 Å². The van der Waals surface area contributed by atoms with Crippen LogP contribution in [0.5, 0.6) is 11.5 Å². The molecule has 7 heteroatoms. The van der Waals surface area contributed by atoms with E-state index in [1.807, 2.05) is 42.5 Å². The van der Waals surface area contributed by atoms with Gasteiger partial charge in [-0.25, -0.2) is 0 Å². The first kappa shape index (κ1) is 21.8. The van der Waals surface area contributed by atoms with Gasteiger partial charge in [0.15, 0.2) is 0 Å². The third-order valence-corrected chi connectivity index (χ3v) is 6.14. The molecule has 4 aromatic rings. The molecule has 0 saturated heterocycles. The van der Waals surface area contributed by atoms with Crippen molar-refractivity contribution in [1.29, 1.82) is 0 Å². The van der Waals surface area contributed by atoms with Crippen molar-refractivity contribution < 1.29 is 19.1 Å². The summed E-state index contributed by atoms with van der Waals surface area (Å²) in [5, 5.41) is 17.8. The summed E-state index contributed by atoms with van der Waals surface area (Å²) in [7, 11) is 0. The topological polar surface area (TPSA) is 91.6 Å². The summed E-state index contributed by atoms with van der Waals surface area (Å²) in [4.78, 5) is 15.2. The molecule has 34 heavy (non-hydrogen) atoms. The molecule has 174 valence electrons. The second kappa shape index (κ2) is 9.47. The van der Waals surface area contributed by atoms with E-state index >= 15 is 0 Å². The number of aromatic hydroxyl groups is 1. The highest BCUT2D eigenvalue weighted by molar-refractivity contribution is 6.00. The van der Waals surface area contributed by atoms with Crippen LogP contribution in [0.4, 0.5) is 0 Å². The number of furan rings is 1. The van der Waals surface area contributed by atoms with Gasteiger partial charge in [-0.15, -0.1) is 0 Å². The normalized spacial score (nSPS) is 15.0. The van der Waals surface area contributed by atoms with Gasteiger partial charge in [0.1, 0.15) is 28.6 Å². The molecule has 0 spiro atoms. The van der Waals surface area contributed by atoms with Gasteiger partial charge in [-0.1, -0.05) is 44.0 Å². The monoisotopic (exact) mass is 457 g/mol. The Morgan fingerprint density at radius 1 is 1.09 bits per heavy atom. The third-order valence-electron chi connectivity index (χ3n) is 6.14. The minimum absolute atomic E-state index is 0.114. The summed E-state index contributed by atoms with van der Waals surface area (Å²) < 4.78 is 11.4. The number of H-pyrrole nitrogens is 1. The number of amides is 1. The van der Waals surface area contributed by atoms with Crippen molar-refractivity contribution in [2.45, 2.75) is 38.8 Å². The molecular formula is C27H27N3O4. The summed E-state index contributed by atoms with van der Waals surface area (Å²) in [5.74, 6) is 1.44. The van der Waals surface area contributed by atoms with E-state index in [0.717, 1.165) is 36.1 Å². The van der Waals surface area contributed by atoms with E-state index in [1.54, 1.807) is 29.4 Å². The predicted octanol–water partition coefficient (Wildman–Crippen LogP) is 5.69. The standard InChI is InChI=1S/C27H27N3O4/c1-2-3-6-15-33-19-13-11-18(12-14-19)26-23-24(21-9-4-5-10-22(21)31)28-29-25(23)27(32)30(26)17-20-8-7-16-34-20/h4-5,7-14,16,26,31H,2-3,6,15,17H2,1H3,(H,28,29)/t26-/m0/s1. The van der Waals surface area contributed by atoms with Crippen LogP contribution < -0.4 is 4.74 Å².